The van der Waals surface area contributed by atoms with Gasteiger partial charge in [0.2, 0.25) is 0 Å². The van der Waals surface area contributed by atoms with Gasteiger partial charge in [-0.1, -0.05) is 31.9 Å². The average molecular weight is 315 g/mol. The lowest BCUT2D eigenvalue weighted by Crippen LogP contribution is -2.33. The Hall–Kier alpha value is -0.420. The van der Waals surface area contributed by atoms with Crippen LogP contribution >= 0.6 is 15.9 Å². The van der Waals surface area contributed by atoms with Crippen LogP contribution in [-0.4, -0.2) is 21.5 Å². The second-order valence-electron chi connectivity index (χ2n) is 5.46. The Morgan fingerprint density at radius 2 is 2.28 bits per heavy atom. The lowest BCUT2D eigenvalue weighted by atomic mass is 9.78. The van der Waals surface area contributed by atoms with Gasteiger partial charge in [0.25, 0.3) is 0 Å². The molecular formula is C13H23BrN4. The maximum absolute atomic E-state index is 4.12. The first kappa shape index (κ1) is 14.0. The number of rotatable bonds is 4. The van der Waals surface area contributed by atoms with Crippen molar-refractivity contribution in [1.29, 1.82) is 0 Å². The smallest absolute Gasteiger partial charge is 0.153 e. The van der Waals surface area contributed by atoms with E-state index >= 15 is 0 Å². The fourth-order valence-electron chi connectivity index (χ4n) is 3.16. The van der Waals surface area contributed by atoms with Crippen LogP contribution in [0.4, 0.5) is 0 Å². The third-order valence-electron chi connectivity index (χ3n) is 3.99. The summed E-state index contributed by atoms with van der Waals surface area (Å²) in [6, 6.07) is 0.368. The minimum absolute atomic E-state index is 0.368. The molecule has 1 aromatic heterocycles. The van der Waals surface area contributed by atoms with Gasteiger partial charge in [-0.2, -0.15) is 0 Å². The molecule has 5 heteroatoms. The molecular weight excluding hydrogens is 292 g/mol. The predicted octanol–water partition coefficient (Wildman–Crippen LogP) is 3.05. The Bertz CT molecular complexity index is 371. The Morgan fingerprint density at radius 3 is 2.83 bits per heavy atom. The van der Waals surface area contributed by atoms with Crippen LogP contribution in [0.1, 0.15) is 51.3 Å². The van der Waals surface area contributed by atoms with Gasteiger partial charge in [-0.15, -0.1) is 5.10 Å². The fraction of sp³-hybridized carbons (Fsp3) is 0.846. The molecule has 0 bridgehead atoms. The van der Waals surface area contributed by atoms with E-state index in [1.807, 2.05) is 11.7 Å². The van der Waals surface area contributed by atoms with Crippen LogP contribution in [-0.2, 0) is 7.05 Å². The first-order valence-electron chi connectivity index (χ1n) is 6.92. The van der Waals surface area contributed by atoms with Crippen LogP contribution in [0.2, 0.25) is 0 Å². The normalized spacial score (nSPS) is 26.2. The molecule has 0 aromatic carbocycles. The molecule has 0 radical (unpaired) electrons. The van der Waals surface area contributed by atoms with E-state index in [4.69, 9.17) is 0 Å². The molecule has 1 heterocycles. The molecule has 1 aliphatic carbocycles. The van der Waals surface area contributed by atoms with Crippen LogP contribution in [0.3, 0.4) is 0 Å². The van der Waals surface area contributed by atoms with E-state index in [1.54, 1.807) is 0 Å². The molecule has 1 aromatic rings. The molecule has 3 unspecified atom stereocenters. The Kier molecular flexibility index (Phi) is 4.78. The van der Waals surface area contributed by atoms with E-state index in [1.165, 1.54) is 31.4 Å². The summed E-state index contributed by atoms with van der Waals surface area (Å²) < 4.78 is 2.78. The van der Waals surface area contributed by atoms with Crippen molar-refractivity contribution < 1.29 is 0 Å². The first-order valence-corrected chi connectivity index (χ1v) is 7.71. The number of halogens is 1. The van der Waals surface area contributed by atoms with Gasteiger partial charge in [-0.25, -0.2) is 4.68 Å². The van der Waals surface area contributed by atoms with E-state index in [9.17, 15) is 0 Å². The largest absolute Gasteiger partial charge is 0.309 e. The summed E-state index contributed by atoms with van der Waals surface area (Å²) in [6.45, 7) is 5.51. The van der Waals surface area contributed by atoms with Crippen LogP contribution in [0.15, 0.2) is 4.60 Å². The predicted molar refractivity (Wildman–Crippen MR) is 76.2 cm³/mol. The highest BCUT2D eigenvalue weighted by molar-refractivity contribution is 9.10. The van der Waals surface area contributed by atoms with Gasteiger partial charge in [0, 0.05) is 7.05 Å². The van der Waals surface area contributed by atoms with Crippen molar-refractivity contribution in [2.24, 2.45) is 18.9 Å². The van der Waals surface area contributed by atoms with Gasteiger partial charge in [0.05, 0.1) is 11.7 Å². The molecule has 0 spiro atoms. The zero-order valence-electron chi connectivity index (χ0n) is 11.5. The van der Waals surface area contributed by atoms with Gasteiger partial charge in [-0.05, 0) is 47.2 Å². The number of aryl methyl sites for hydroxylation is 1. The second kappa shape index (κ2) is 6.15. The highest BCUT2D eigenvalue weighted by Crippen LogP contribution is 2.38. The summed E-state index contributed by atoms with van der Waals surface area (Å²) in [5, 5.41) is 11.9. The average Bonchev–Trinajstić information content (AvgIpc) is 2.67. The topological polar surface area (TPSA) is 42.7 Å². The molecule has 0 amide bonds. The lowest BCUT2D eigenvalue weighted by Gasteiger charge is -2.33. The molecule has 2 rings (SSSR count). The standard InChI is InChI=1S/C13H23BrN4/c1-4-15-11(10-7-5-6-9(2)8-10)12-13(14)16-17-18(12)3/h9-11,15H,4-8H2,1-3H3. The highest BCUT2D eigenvalue weighted by Gasteiger charge is 2.30. The molecule has 4 nitrogen and oxygen atoms in total. The third-order valence-corrected chi connectivity index (χ3v) is 4.56. The van der Waals surface area contributed by atoms with E-state index < -0.39 is 0 Å². The van der Waals surface area contributed by atoms with Crippen molar-refractivity contribution in [2.45, 2.75) is 45.6 Å². The zero-order valence-corrected chi connectivity index (χ0v) is 13.1. The SMILES string of the molecule is CCNC(c1c(Br)nnn1C)C1CCCC(C)C1. The van der Waals surface area contributed by atoms with E-state index in [-0.39, 0.29) is 0 Å². The first-order chi connectivity index (χ1) is 8.63. The van der Waals surface area contributed by atoms with Crippen LogP contribution < -0.4 is 5.32 Å². The maximum atomic E-state index is 4.12. The summed E-state index contributed by atoms with van der Waals surface area (Å²) in [7, 11) is 1.98. The van der Waals surface area contributed by atoms with Gasteiger partial charge >= 0.3 is 0 Å². The van der Waals surface area contributed by atoms with E-state index in [0.717, 1.165) is 17.1 Å². The summed E-state index contributed by atoms with van der Waals surface area (Å²) in [5.74, 6) is 1.53. The number of nitrogens with zero attached hydrogens (tertiary/aromatic N) is 3. The highest BCUT2D eigenvalue weighted by atomic mass is 79.9. The number of aromatic nitrogens is 3. The van der Waals surface area contributed by atoms with Crippen LogP contribution in [0.25, 0.3) is 0 Å². The molecule has 1 aliphatic rings. The molecule has 102 valence electrons. The number of hydrogen-bond donors (Lipinski definition) is 1. The minimum Gasteiger partial charge on any atom is -0.309 e. The van der Waals surface area contributed by atoms with Crippen LogP contribution in [0, 0.1) is 11.8 Å². The van der Waals surface area contributed by atoms with Gasteiger partial charge < -0.3 is 5.32 Å². The Labute approximate surface area is 118 Å². The van der Waals surface area contributed by atoms with Crippen LogP contribution in [0.5, 0.6) is 0 Å². The van der Waals surface area contributed by atoms with Crippen molar-refractivity contribution in [3.8, 4) is 0 Å². The van der Waals surface area contributed by atoms with Crippen molar-refractivity contribution in [3.63, 3.8) is 0 Å². The van der Waals surface area contributed by atoms with Crippen molar-refractivity contribution >= 4 is 15.9 Å². The number of nitrogens with one attached hydrogen (secondary N) is 1. The number of hydrogen-bond acceptors (Lipinski definition) is 3. The maximum Gasteiger partial charge on any atom is 0.153 e. The molecule has 18 heavy (non-hydrogen) atoms. The molecule has 3 atom stereocenters. The quantitative estimate of drug-likeness (QED) is 0.928. The summed E-state index contributed by atoms with van der Waals surface area (Å²) in [5.41, 5.74) is 1.19. The van der Waals surface area contributed by atoms with Crippen molar-refractivity contribution in [2.75, 3.05) is 6.54 Å². The lowest BCUT2D eigenvalue weighted by molar-refractivity contribution is 0.219. The Morgan fingerprint density at radius 1 is 1.50 bits per heavy atom. The second-order valence-corrected chi connectivity index (χ2v) is 6.21. The zero-order chi connectivity index (χ0) is 13.1. The van der Waals surface area contributed by atoms with Crippen molar-refractivity contribution in [3.05, 3.63) is 10.3 Å². The Balaban J connectivity index is 2.22. The van der Waals surface area contributed by atoms with Gasteiger partial charge in [0.15, 0.2) is 4.60 Å². The molecule has 1 fully saturated rings. The van der Waals surface area contributed by atoms with Gasteiger partial charge in [-0.3, -0.25) is 0 Å². The molecule has 0 aliphatic heterocycles. The molecule has 1 N–H and O–H groups in total. The fourth-order valence-corrected chi connectivity index (χ4v) is 3.73. The third kappa shape index (κ3) is 2.94. The summed E-state index contributed by atoms with van der Waals surface area (Å²) >= 11 is 3.54. The van der Waals surface area contributed by atoms with E-state index in [2.05, 4.69) is 45.4 Å². The molecule has 1 saturated carbocycles. The summed E-state index contributed by atoms with van der Waals surface area (Å²) in [6.07, 6.45) is 5.33. The molecule has 0 saturated heterocycles. The van der Waals surface area contributed by atoms with Gasteiger partial charge in [0.1, 0.15) is 0 Å². The monoisotopic (exact) mass is 314 g/mol. The van der Waals surface area contributed by atoms with E-state index in [0.29, 0.717) is 12.0 Å². The van der Waals surface area contributed by atoms with Crippen molar-refractivity contribution in [1.82, 2.24) is 20.3 Å². The summed E-state index contributed by atoms with van der Waals surface area (Å²) in [4.78, 5) is 0. The minimum atomic E-state index is 0.368.